The van der Waals surface area contributed by atoms with E-state index in [9.17, 15) is 0 Å². The molecule has 1 aromatic rings. The minimum atomic E-state index is -0.0755. The molecule has 0 radical (unpaired) electrons. The largest absolute Gasteiger partial charge is 0.353 e. The molecule has 1 saturated heterocycles. The van der Waals surface area contributed by atoms with Gasteiger partial charge in [-0.15, -0.1) is 0 Å². The Morgan fingerprint density at radius 3 is 3.11 bits per heavy atom. The zero-order valence-electron chi connectivity index (χ0n) is 10.5. The molecule has 1 aromatic carbocycles. The maximum atomic E-state index is 6.03. The normalized spacial score (nSPS) is 19.1. The molecular formula is C15H17ClO2. The molecule has 0 spiro atoms. The fraction of sp³-hybridized carbons (Fsp3) is 0.467. The van der Waals surface area contributed by atoms with Gasteiger partial charge < -0.3 is 9.47 Å². The molecule has 1 aliphatic rings. The van der Waals surface area contributed by atoms with Crippen LogP contribution in [0.4, 0.5) is 0 Å². The molecule has 0 amide bonds. The molecule has 2 nitrogen and oxygen atoms in total. The standard InChI is InChI=1S/C15H17ClO2/c1-12-13(6-4-8-14(12)16)7-5-11-18-15-9-2-3-10-17-15/h4,6,8,15H,2-3,9-11H2,1H3. The van der Waals surface area contributed by atoms with Crippen LogP contribution in [0, 0.1) is 18.8 Å². The van der Waals surface area contributed by atoms with E-state index in [-0.39, 0.29) is 6.29 Å². The third kappa shape index (κ3) is 3.74. The Morgan fingerprint density at radius 2 is 2.33 bits per heavy atom. The molecule has 0 aromatic heterocycles. The number of benzene rings is 1. The van der Waals surface area contributed by atoms with Crippen molar-refractivity contribution in [1.29, 1.82) is 0 Å². The molecule has 0 saturated carbocycles. The first-order valence-electron chi connectivity index (χ1n) is 6.24. The lowest BCUT2D eigenvalue weighted by Crippen LogP contribution is -2.22. The predicted octanol–water partition coefficient (Wildman–Crippen LogP) is 3.54. The topological polar surface area (TPSA) is 18.5 Å². The van der Waals surface area contributed by atoms with Crippen LogP contribution < -0.4 is 0 Å². The molecule has 2 rings (SSSR count). The lowest BCUT2D eigenvalue weighted by atomic mass is 10.1. The minimum Gasteiger partial charge on any atom is -0.353 e. The van der Waals surface area contributed by atoms with Crippen molar-refractivity contribution in [2.45, 2.75) is 32.5 Å². The van der Waals surface area contributed by atoms with Crippen molar-refractivity contribution in [1.82, 2.24) is 0 Å². The van der Waals surface area contributed by atoms with Crippen LogP contribution in [0.2, 0.25) is 5.02 Å². The highest BCUT2D eigenvalue weighted by atomic mass is 35.5. The van der Waals surface area contributed by atoms with Crippen LogP contribution in [0.25, 0.3) is 0 Å². The third-order valence-electron chi connectivity index (χ3n) is 2.97. The molecule has 0 bridgehead atoms. The van der Waals surface area contributed by atoms with Crippen LogP contribution in [0.15, 0.2) is 18.2 Å². The van der Waals surface area contributed by atoms with Gasteiger partial charge in [0.25, 0.3) is 0 Å². The number of halogens is 1. The maximum Gasteiger partial charge on any atom is 0.158 e. The summed E-state index contributed by atoms with van der Waals surface area (Å²) >= 11 is 6.03. The van der Waals surface area contributed by atoms with E-state index < -0.39 is 0 Å². The van der Waals surface area contributed by atoms with E-state index in [4.69, 9.17) is 21.1 Å². The van der Waals surface area contributed by atoms with E-state index >= 15 is 0 Å². The molecule has 0 N–H and O–H groups in total. The first-order valence-corrected chi connectivity index (χ1v) is 6.62. The predicted molar refractivity (Wildman–Crippen MR) is 72.6 cm³/mol. The monoisotopic (exact) mass is 264 g/mol. The van der Waals surface area contributed by atoms with Gasteiger partial charge in [0.1, 0.15) is 6.61 Å². The van der Waals surface area contributed by atoms with E-state index in [0.29, 0.717) is 6.61 Å². The summed E-state index contributed by atoms with van der Waals surface area (Å²) in [6.07, 6.45) is 3.20. The molecule has 1 aliphatic heterocycles. The second kappa shape index (κ2) is 6.80. The first kappa shape index (κ1) is 13.4. The summed E-state index contributed by atoms with van der Waals surface area (Å²) in [5.74, 6) is 6.08. The van der Waals surface area contributed by atoms with Crippen molar-refractivity contribution < 1.29 is 9.47 Å². The summed E-state index contributed by atoms with van der Waals surface area (Å²) in [4.78, 5) is 0. The fourth-order valence-corrected chi connectivity index (χ4v) is 2.03. The summed E-state index contributed by atoms with van der Waals surface area (Å²) < 4.78 is 11.0. The van der Waals surface area contributed by atoms with Crippen LogP contribution in [0.3, 0.4) is 0 Å². The van der Waals surface area contributed by atoms with E-state index in [1.165, 1.54) is 6.42 Å². The van der Waals surface area contributed by atoms with Gasteiger partial charge in [-0.05, 0) is 43.9 Å². The van der Waals surface area contributed by atoms with Gasteiger partial charge in [0, 0.05) is 17.2 Å². The van der Waals surface area contributed by atoms with Crippen molar-refractivity contribution in [3.63, 3.8) is 0 Å². The minimum absolute atomic E-state index is 0.0755. The SMILES string of the molecule is Cc1c(Cl)cccc1C#CCOC1CCCCO1. The Balaban J connectivity index is 1.86. The second-order valence-electron chi connectivity index (χ2n) is 4.32. The zero-order chi connectivity index (χ0) is 12.8. The molecule has 1 heterocycles. The smallest absolute Gasteiger partial charge is 0.158 e. The molecule has 0 aliphatic carbocycles. The number of rotatable bonds is 2. The van der Waals surface area contributed by atoms with E-state index in [0.717, 1.165) is 35.6 Å². The Morgan fingerprint density at radius 1 is 1.44 bits per heavy atom. The van der Waals surface area contributed by atoms with Gasteiger partial charge in [0.05, 0.1) is 0 Å². The quantitative estimate of drug-likeness (QED) is 0.761. The van der Waals surface area contributed by atoms with Crippen molar-refractivity contribution in [3.8, 4) is 11.8 Å². The molecule has 1 fully saturated rings. The lowest BCUT2D eigenvalue weighted by molar-refractivity contribution is -0.154. The van der Waals surface area contributed by atoms with Gasteiger partial charge in [0.15, 0.2) is 6.29 Å². The van der Waals surface area contributed by atoms with Gasteiger partial charge in [-0.2, -0.15) is 0 Å². The van der Waals surface area contributed by atoms with Crippen molar-refractivity contribution in [2.24, 2.45) is 0 Å². The van der Waals surface area contributed by atoms with Gasteiger partial charge in [-0.1, -0.05) is 29.5 Å². The number of hydrogen-bond donors (Lipinski definition) is 0. The number of hydrogen-bond acceptors (Lipinski definition) is 2. The van der Waals surface area contributed by atoms with Crippen LogP contribution >= 0.6 is 11.6 Å². The summed E-state index contributed by atoms with van der Waals surface area (Å²) in [6, 6.07) is 5.74. The fourth-order valence-electron chi connectivity index (χ4n) is 1.85. The Bertz CT molecular complexity index is 453. The van der Waals surface area contributed by atoms with Crippen molar-refractivity contribution in [3.05, 3.63) is 34.3 Å². The van der Waals surface area contributed by atoms with Gasteiger partial charge in [0.2, 0.25) is 0 Å². The molecule has 18 heavy (non-hydrogen) atoms. The van der Waals surface area contributed by atoms with Gasteiger partial charge in [-0.3, -0.25) is 0 Å². The molecular weight excluding hydrogens is 248 g/mol. The Labute approximate surface area is 113 Å². The highest BCUT2D eigenvalue weighted by Gasteiger charge is 2.12. The van der Waals surface area contributed by atoms with Crippen LogP contribution in [0.1, 0.15) is 30.4 Å². The van der Waals surface area contributed by atoms with Gasteiger partial charge >= 0.3 is 0 Å². The highest BCUT2D eigenvalue weighted by Crippen LogP contribution is 2.17. The average molecular weight is 265 g/mol. The molecule has 1 unspecified atom stereocenters. The summed E-state index contributed by atoms with van der Waals surface area (Å²) in [5.41, 5.74) is 1.97. The van der Waals surface area contributed by atoms with Crippen molar-refractivity contribution >= 4 is 11.6 Å². The highest BCUT2D eigenvalue weighted by molar-refractivity contribution is 6.31. The molecule has 96 valence electrons. The first-order chi connectivity index (χ1) is 8.77. The Kier molecular flexibility index (Phi) is 5.07. The van der Waals surface area contributed by atoms with E-state index in [1.54, 1.807) is 0 Å². The van der Waals surface area contributed by atoms with Crippen molar-refractivity contribution in [2.75, 3.05) is 13.2 Å². The molecule has 3 heteroatoms. The second-order valence-corrected chi connectivity index (χ2v) is 4.73. The van der Waals surface area contributed by atoms with E-state index in [1.807, 2.05) is 25.1 Å². The van der Waals surface area contributed by atoms with E-state index in [2.05, 4.69) is 11.8 Å². The summed E-state index contributed by atoms with van der Waals surface area (Å²) in [7, 11) is 0. The summed E-state index contributed by atoms with van der Waals surface area (Å²) in [6.45, 7) is 3.17. The van der Waals surface area contributed by atoms with Crippen LogP contribution in [0.5, 0.6) is 0 Å². The average Bonchev–Trinajstić information content (AvgIpc) is 2.40. The lowest BCUT2D eigenvalue weighted by Gasteiger charge is -2.21. The maximum absolute atomic E-state index is 6.03. The van der Waals surface area contributed by atoms with Crippen LogP contribution in [-0.4, -0.2) is 19.5 Å². The third-order valence-corrected chi connectivity index (χ3v) is 3.38. The summed E-state index contributed by atoms with van der Waals surface area (Å²) in [5, 5.41) is 0.748. The zero-order valence-corrected chi connectivity index (χ0v) is 11.3. The van der Waals surface area contributed by atoms with Gasteiger partial charge in [-0.25, -0.2) is 0 Å². The van der Waals surface area contributed by atoms with Crippen LogP contribution in [-0.2, 0) is 9.47 Å². The molecule has 1 atom stereocenters. The Hall–Kier alpha value is -1.01. The number of ether oxygens (including phenoxy) is 2.